The Bertz CT molecular complexity index is 1240. The molecule has 1 amide bonds. The Hall–Kier alpha value is -3.04. The number of hydrogen-bond acceptors (Lipinski definition) is 7. The molecule has 4 rings (SSSR count). The van der Waals surface area contributed by atoms with Crippen molar-refractivity contribution in [2.24, 2.45) is 5.73 Å². The van der Waals surface area contributed by atoms with Gasteiger partial charge in [-0.15, -0.1) is 10.2 Å². The Kier molecular flexibility index (Phi) is 5.63. The molecule has 1 aliphatic rings. The Morgan fingerprint density at radius 3 is 2.32 bits per heavy atom. The molecule has 162 valence electrons. The summed E-state index contributed by atoms with van der Waals surface area (Å²) >= 11 is 0. The lowest BCUT2D eigenvalue weighted by atomic mass is 10.0. The highest BCUT2D eigenvalue weighted by Crippen LogP contribution is 2.33. The second kappa shape index (κ2) is 8.24. The van der Waals surface area contributed by atoms with Crippen LogP contribution in [0.1, 0.15) is 23.3 Å². The molecule has 9 heteroatoms. The van der Waals surface area contributed by atoms with Crippen molar-refractivity contribution in [1.82, 2.24) is 10.2 Å². The Morgan fingerprint density at radius 2 is 1.71 bits per heavy atom. The van der Waals surface area contributed by atoms with Crippen LogP contribution in [0.25, 0.3) is 22.0 Å². The molecular weight excluding hydrogens is 416 g/mol. The molecular formula is C22H24N4O4S. The molecule has 1 aromatic heterocycles. The summed E-state index contributed by atoms with van der Waals surface area (Å²) in [6, 6.07) is 12.6. The first kappa shape index (κ1) is 21.2. The number of aromatic nitrogens is 2. The van der Waals surface area contributed by atoms with Crippen LogP contribution in [0.3, 0.4) is 0 Å². The van der Waals surface area contributed by atoms with Gasteiger partial charge >= 0.3 is 0 Å². The highest BCUT2D eigenvalue weighted by Gasteiger charge is 2.25. The number of nitrogens with two attached hydrogens (primary N) is 1. The normalized spacial score (nSPS) is 15.2. The molecule has 0 saturated carbocycles. The molecule has 0 aliphatic carbocycles. The van der Waals surface area contributed by atoms with Crippen molar-refractivity contribution in [3.05, 3.63) is 48.2 Å². The predicted molar refractivity (Wildman–Crippen MR) is 119 cm³/mol. The molecule has 0 bridgehead atoms. The fraction of sp³-hybridized carbons (Fsp3) is 0.318. The molecule has 1 fully saturated rings. The van der Waals surface area contributed by atoms with Crippen LogP contribution in [0.2, 0.25) is 0 Å². The molecule has 0 unspecified atom stereocenters. The zero-order chi connectivity index (χ0) is 22.2. The van der Waals surface area contributed by atoms with Gasteiger partial charge in [0.05, 0.1) is 16.1 Å². The van der Waals surface area contributed by atoms with Crippen molar-refractivity contribution < 1.29 is 17.9 Å². The van der Waals surface area contributed by atoms with Gasteiger partial charge in [-0.2, -0.15) is 0 Å². The van der Waals surface area contributed by atoms with Gasteiger partial charge < -0.3 is 15.4 Å². The minimum Gasteiger partial charge on any atom is -0.381 e. The van der Waals surface area contributed by atoms with E-state index in [9.17, 15) is 13.2 Å². The van der Waals surface area contributed by atoms with E-state index < -0.39 is 15.7 Å². The van der Waals surface area contributed by atoms with E-state index in [-0.39, 0.29) is 16.6 Å². The summed E-state index contributed by atoms with van der Waals surface area (Å²) in [6.07, 6.45) is 2.88. The van der Waals surface area contributed by atoms with Crippen LogP contribution in [-0.2, 0) is 14.6 Å². The van der Waals surface area contributed by atoms with Crippen molar-refractivity contribution in [1.29, 1.82) is 0 Å². The van der Waals surface area contributed by atoms with Crippen LogP contribution >= 0.6 is 0 Å². The van der Waals surface area contributed by atoms with Crippen molar-refractivity contribution >= 4 is 32.3 Å². The van der Waals surface area contributed by atoms with Crippen LogP contribution in [0.5, 0.6) is 0 Å². The molecule has 3 aromatic rings. The van der Waals surface area contributed by atoms with Crippen molar-refractivity contribution in [2.75, 3.05) is 31.4 Å². The maximum atomic E-state index is 12.1. The van der Waals surface area contributed by atoms with E-state index in [0.29, 0.717) is 24.4 Å². The van der Waals surface area contributed by atoms with E-state index in [1.54, 1.807) is 24.3 Å². The monoisotopic (exact) mass is 440 g/mol. The van der Waals surface area contributed by atoms with E-state index in [0.717, 1.165) is 29.4 Å². The van der Waals surface area contributed by atoms with Crippen molar-refractivity contribution in [3.8, 4) is 11.1 Å². The number of rotatable bonds is 5. The lowest BCUT2D eigenvalue weighted by Crippen LogP contribution is -2.38. The molecule has 8 nitrogen and oxygen atoms in total. The summed E-state index contributed by atoms with van der Waals surface area (Å²) < 4.78 is 28.9. The Morgan fingerprint density at radius 1 is 1.06 bits per heavy atom. The number of primary amides is 1. The van der Waals surface area contributed by atoms with Gasteiger partial charge in [0.15, 0.2) is 15.5 Å². The minimum absolute atomic E-state index is 0.145. The van der Waals surface area contributed by atoms with Crippen LogP contribution < -0.4 is 10.6 Å². The third kappa shape index (κ3) is 4.24. The number of anilines is 1. The summed E-state index contributed by atoms with van der Waals surface area (Å²) in [5.41, 5.74) is 8.77. The average Bonchev–Trinajstić information content (AvgIpc) is 2.77. The van der Waals surface area contributed by atoms with Gasteiger partial charge in [-0.3, -0.25) is 4.79 Å². The lowest BCUT2D eigenvalue weighted by molar-refractivity contribution is 0.0854. The molecule has 2 N–H and O–H groups in total. The molecule has 2 aromatic carbocycles. The van der Waals surface area contributed by atoms with Gasteiger partial charge in [-0.1, -0.05) is 18.2 Å². The molecule has 31 heavy (non-hydrogen) atoms. The molecule has 1 aliphatic heterocycles. The van der Waals surface area contributed by atoms with Crippen molar-refractivity contribution in [3.63, 3.8) is 0 Å². The van der Waals surface area contributed by atoms with Crippen LogP contribution in [0.15, 0.2) is 47.4 Å². The highest BCUT2D eigenvalue weighted by molar-refractivity contribution is 7.90. The summed E-state index contributed by atoms with van der Waals surface area (Å²) in [6.45, 7) is 1.34. The second-order valence-electron chi connectivity index (χ2n) is 7.74. The molecule has 0 spiro atoms. The fourth-order valence-corrected chi connectivity index (χ4v) is 4.58. The van der Waals surface area contributed by atoms with E-state index in [4.69, 9.17) is 10.5 Å². The first-order valence-corrected chi connectivity index (χ1v) is 11.9. The third-order valence-corrected chi connectivity index (χ3v) is 6.80. The quantitative estimate of drug-likeness (QED) is 0.648. The maximum absolute atomic E-state index is 12.1. The SMILES string of the molecule is CN(c1c(C(N)=O)nnc2cc(-c3ccc(S(C)(=O)=O)cc3)ccc12)C1CCOCC1. The number of nitrogens with zero attached hydrogens (tertiary/aromatic N) is 3. The number of sulfone groups is 1. The number of amides is 1. The first-order valence-electron chi connectivity index (χ1n) is 9.97. The second-order valence-corrected chi connectivity index (χ2v) is 9.76. The van der Waals surface area contributed by atoms with Crippen molar-refractivity contribution in [2.45, 2.75) is 23.8 Å². The topological polar surface area (TPSA) is 115 Å². The number of carbonyl (C=O) groups is 1. The highest BCUT2D eigenvalue weighted by atomic mass is 32.2. The smallest absolute Gasteiger partial charge is 0.271 e. The zero-order valence-electron chi connectivity index (χ0n) is 17.4. The van der Waals surface area contributed by atoms with E-state index in [1.807, 2.05) is 25.2 Å². The fourth-order valence-electron chi connectivity index (χ4n) is 3.95. The third-order valence-electron chi connectivity index (χ3n) is 5.68. The maximum Gasteiger partial charge on any atom is 0.271 e. The Labute approximate surface area is 180 Å². The number of carbonyl (C=O) groups excluding carboxylic acids is 1. The molecule has 1 saturated heterocycles. The van der Waals surface area contributed by atoms with Gasteiger partial charge in [0.25, 0.3) is 5.91 Å². The average molecular weight is 441 g/mol. The largest absolute Gasteiger partial charge is 0.381 e. The molecule has 2 heterocycles. The predicted octanol–water partition coefficient (Wildman–Crippen LogP) is 2.41. The summed E-state index contributed by atoms with van der Waals surface area (Å²) in [5.74, 6) is -0.622. The van der Waals surface area contributed by atoms with Crippen LogP contribution in [0, 0.1) is 0 Å². The minimum atomic E-state index is -3.26. The first-order chi connectivity index (χ1) is 14.8. The van der Waals surface area contributed by atoms with Gasteiger partial charge in [-0.25, -0.2) is 8.42 Å². The summed E-state index contributed by atoms with van der Waals surface area (Å²) in [4.78, 5) is 14.4. The van der Waals surface area contributed by atoms with E-state index in [2.05, 4.69) is 15.1 Å². The molecule has 0 radical (unpaired) electrons. The summed E-state index contributed by atoms with van der Waals surface area (Å²) in [7, 11) is -1.31. The Balaban J connectivity index is 1.79. The van der Waals surface area contributed by atoms with Crippen LogP contribution in [0.4, 0.5) is 5.69 Å². The van der Waals surface area contributed by atoms with Gasteiger partial charge in [0.1, 0.15) is 0 Å². The zero-order valence-corrected chi connectivity index (χ0v) is 18.2. The standard InChI is InChI=1S/C22H24N4O4S/c1-26(16-9-11-30-12-10-16)21-18-8-5-15(13-19(18)24-25-20(21)22(23)27)14-3-6-17(7-4-14)31(2,28)29/h3-8,13,16H,9-12H2,1-2H3,(H2,23,27). The number of ether oxygens (including phenoxy) is 1. The van der Waals surface area contributed by atoms with E-state index in [1.165, 1.54) is 6.26 Å². The number of benzene rings is 2. The van der Waals surface area contributed by atoms with Gasteiger partial charge in [-0.05, 0) is 48.2 Å². The molecule has 0 atom stereocenters. The summed E-state index contributed by atoms with van der Waals surface area (Å²) in [5, 5.41) is 9.15. The lowest BCUT2D eigenvalue weighted by Gasteiger charge is -2.34. The number of hydrogen-bond donors (Lipinski definition) is 1. The van der Waals surface area contributed by atoms with Gasteiger partial charge in [0.2, 0.25) is 0 Å². The van der Waals surface area contributed by atoms with E-state index >= 15 is 0 Å². The van der Waals surface area contributed by atoms with Gasteiger partial charge in [0, 0.05) is 37.9 Å². The number of fused-ring (bicyclic) bond motifs is 1. The van der Waals surface area contributed by atoms with Crippen LogP contribution in [-0.4, -0.2) is 57.1 Å².